The van der Waals surface area contributed by atoms with Gasteiger partial charge >= 0.3 is 0 Å². The third-order valence-electron chi connectivity index (χ3n) is 2.01. The number of nitrogens with one attached hydrogen (secondary N) is 1. The van der Waals surface area contributed by atoms with Crippen LogP contribution < -0.4 is 5.32 Å². The average molecular weight is 208 g/mol. The van der Waals surface area contributed by atoms with Crippen molar-refractivity contribution in [2.45, 2.75) is 13.3 Å². The molecule has 0 radical (unpaired) electrons. The summed E-state index contributed by atoms with van der Waals surface area (Å²) in [5.74, 6) is 0. The lowest BCUT2D eigenvalue weighted by Gasteiger charge is -1.97. The summed E-state index contributed by atoms with van der Waals surface area (Å²) in [6.45, 7) is 2.33. The number of carbonyl (C=O) groups is 1. The van der Waals surface area contributed by atoms with Crippen molar-refractivity contribution in [3.05, 3.63) is 33.9 Å². The Morgan fingerprint density at radius 1 is 1.53 bits per heavy atom. The fraction of sp³-hybridized carbons (Fsp3) is 0.300. The summed E-state index contributed by atoms with van der Waals surface area (Å²) in [6.07, 6.45) is 1.64. The van der Waals surface area contributed by atoms with Crippen molar-refractivity contribution in [3.63, 3.8) is 0 Å². The van der Waals surface area contributed by atoms with Crippen molar-refractivity contribution >= 4 is 17.7 Å². The molecule has 0 unspecified atom stereocenters. The highest BCUT2D eigenvalue weighted by atomic mass is 16.6. The summed E-state index contributed by atoms with van der Waals surface area (Å²) in [6, 6.07) is 4.92. The highest BCUT2D eigenvalue weighted by molar-refractivity contribution is 5.59. The fourth-order valence-corrected chi connectivity index (χ4v) is 1.40. The summed E-state index contributed by atoms with van der Waals surface area (Å²) in [5, 5.41) is 13.5. The van der Waals surface area contributed by atoms with Gasteiger partial charge in [-0.15, -0.1) is 0 Å². The number of fused-ring (bicyclic) bond motifs is 1. The first kappa shape index (κ1) is 11.2. The third kappa shape index (κ3) is 2.77. The zero-order valence-corrected chi connectivity index (χ0v) is 8.40. The Bertz CT molecular complexity index is 377. The highest BCUT2D eigenvalue weighted by Crippen LogP contribution is 2.25. The van der Waals surface area contributed by atoms with Gasteiger partial charge in [0, 0.05) is 24.4 Å². The molecule has 1 heterocycles. The molecule has 1 N–H and O–H groups in total. The predicted octanol–water partition coefficient (Wildman–Crippen LogP) is 1.77. The second-order valence-electron chi connectivity index (χ2n) is 3.01. The van der Waals surface area contributed by atoms with Crippen LogP contribution in [0.4, 0.5) is 11.4 Å². The number of hydrogen-bond acceptors (Lipinski definition) is 4. The van der Waals surface area contributed by atoms with Crippen LogP contribution >= 0.6 is 0 Å². The molecule has 0 amide bonds. The van der Waals surface area contributed by atoms with E-state index in [1.807, 2.05) is 0 Å². The van der Waals surface area contributed by atoms with E-state index in [0.717, 1.165) is 30.5 Å². The molecule has 0 aliphatic carbocycles. The van der Waals surface area contributed by atoms with Crippen molar-refractivity contribution in [2.75, 3.05) is 11.9 Å². The average Bonchev–Trinajstić information content (AvgIpc) is 2.65. The molecule has 0 bridgehead atoms. The van der Waals surface area contributed by atoms with E-state index in [0.29, 0.717) is 0 Å². The van der Waals surface area contributed by atoms with E-state index in [9.17, 15) is 10.1 Å². The van der Waals surface area contributed by atoms with E-state index in [2.05, 4.69) is 5.32 Å². The van der Waals surface area contributed by atoms with E-state index in [1.165, 1.54) is 13.0 Å². The molecule has 0 aromatic heterocycles. The normalized spacial score (nSPS) is 11.8. The molecular formula is C10H12N2O3. The molecule has 0 atom stereocenters. The zero-order valence-electron chi connectivity index (χ0n) is 8.40. The molecule has 1 aliphatic rings. The summed E-state index contributed by atoms with van der Waals surface area (Å²) >= 11 is 0. The van der Waals surface area contributed by atoms with Crippen LogP contribution in [-0.4, -0.2) is 17.8 Å². The summed E-state index contributed by atoms with van der Waals surface area (Å²) in [4.78, 5) is 18.8. The first-order valence-electron chi connectivity index (χ1n) is 4.60. The Kier molecular flexibility index (Phi) is 3.79. The maximum Gasteiger partial charge on any atom is 0.269 e. The van der Waals surface area contributed by atoms with E-state index < -0.39 is 0 Å². The number of non-ortho nitro benzene ring substituents is 1. The molecule has 0 spiro atoms. The lowest BCUT2D eigenvalue weighted by Crippen LogP contribution is -1.90. The monoisotopic (exact) mass is 208 g/mol. The molecule has 1 aromatic rings. The van der Waals surface area contributed by atoms with Gasteiger partial charge in [0.2, 0.25) is 0 Å². The first-order valence-corrected chi connectivity index (χ1v) is 4.60. The molecule has 0 saturated heterocycles. The molecule has 2 rings (SSSR count). The van der Waals surface area contributed by atoms with Gasteiger partial charge in [0.15, 0.2) is 0 Å². The van der Waals surface area contributed by atoms with Crippen LogP contribution in [0.5, 0.6) is 0 Å². The number of anilines is 1. The summed E-state index contributed by atoms with van der Waals surface area (Å²) in [7, 11) is 0. The number of nitrogens with zero attached hydrogens (tertiary/aromatic N) is 1. The molecule has 1 aromatic carbocycles. The van der Waals surface area contributed by atoms with Gasteiger partial charge in [0.1, 0.15) is 6.29 Å². The van der Waals surface area contributed by atoms with Crippen molar-refractivity contribution in [1.29, 1.82) is 0 Å². The lowest BCUT2D eigenvalue weighted by atomic mass is 10.1. The van der Waals surface area contributed by atoms with Crippen LogP contribution in [0.25, 0.3) is 0 Å². The van der Waals surface area contributed by atoms with Gasteiger partial charge in [-0.2, -0.15) is 0 Å². The van der Waals surface area contributed by atoms with Gasteiger partial charge in [0.25, 0.3) is 5.69 Å². The molecule has 0 fully saturated rings. The third-order valence-corrected chi connectivity index (χ3v) is 2.01. The Morgan fingerprint density at radius 2 is 2.20 bits per heavy atom. The van der Waals surface area contributed by atoms with Crippen LogP contribution in [0, 0.1) is 10.1 Å². The Labute approximate surface area is 87.3 Å². The minimum Gasteiger partial charge on any atom is -0.384 e. The maximum atomic E-state index is 10.4. The van der Waals surface area contributed by atoms with Crippen molar-refractivity contribution in [3.8, 4) is 0 Å². The summed E-state index contributed by atoms with van der Waals surface area (Å²) < 4.78 is 0. The van der Waals surface area contributed by atoms with Crippen LogP contribution in [0.1, 0.15) is 12.5 Å². The van der Waals surface area contributed by atoms with Gasteiger partial charge in [-0.05, 0) is 25.0 Å². The zero-order chi connectivity index (χ0) is 11.3. The van der Waals surface area contributed by atoms with E-state index in [4.69, 9.17) is 4.79 Å². The van der Waals surface area contributed by atoms with Crippen molar-refractivity contribution < 1.29 is 9.72 Å². The van der Waals surface area contributed by atoms with Gasteiger partial charge < -0.3 is 10.1 Å². The van der Waals surface area contributed by atoms with Crippen LogP contribution in [0.3, 0.4) is 0 Å². The number of nitro benzene ring substituents is 1. The standard InChI is InChI=1S/C8H8N2O2.C2H4O/c11-10(12)7-1-2-8-6(5-7)3-4-9-8;1-2-3/h1-2,5,9H,3-4H2;2H,1H3. The van der Waals surface area contributed by atoms with E-state index >= 15 is 0 Å². The second-order valence-corrected chi connectivity index (χ2v) is 3.01. The maximum absolute atomic E-state index is 10.4. The molecule has 5 heteroatoms. The number of carbonyl (C=O) groups excluding carboxylic acids is 1. The lowest BCUT2D eigenvalue weighted by molar-refractivity contribution is -0.384. The number of rotatable bonds is 1. The Balaban J connectivity index is 0.000000337. The number of hydrogen-bond donors (Lipinski definition) is 1. The SMILES string of the molecule is CC=O.O=[N+]([O-])c1ccc2c(c1)CCN2. The molecule has 5 nitrogen and oxygen atoms in total. The second kappa shape index (κ2) is 5.09. The molecular weight excluding hydrogens is 196 g/mol. The van der Waals surface area contributed by atoms with Crippen LogP contribution in [0.15, 0.2) is 18.2 Å². The van der Waals surface area contributed by atoms with Gasteiger partial charge in [0.05, 0.1) is 4.92 Å². The quantitative estimate of drug-likeness (QED) is 0.433. The number of aldehydes is 1. The van der Waals surface area contributed by atoms with Crippen molar-refractivity contribution in [2.24, 2.45) is 0 Å². The topological polar surface area (TPSA) is 72.2 Å². The molecule has 0 saturated carbocycles. The van der Waals surface area contributed by atoms with Gasteiger partial charge in [-0.3, -0.25) is 10.1 Å². The van der Waals surface area contributed by atoms with Gasteiger partial charge in [-0.1, -0.05) is 0 Å². The Morgan fingerprint density at radius 3 is 2.80 bits per heavy atom. The molecule has 1 aliphatic heterocycles. The minimum absolute atomic E-state index is 0.178. The van der Waals surface area contributed by atoms with E-state index in [-0.39, 0.29) is 10.6 Å². The minimum atomic E-state index is -0.362. The fourth-order valence-electron chi connectivity index (χ4n) is 1.40. The smallest absolute Gasteiger partial charge is 0.269 e. The molecule has 80 valence electrons. The Hall–Kier alpha value is -1.91. The predicted molar refractivity (Wildman–Crippen MR) is 57.0 cm³/mol. The molecule has 15 heavy (non-hydrogen) atoms. The van der Waals surface area contributed by atoms with Crippen LogP contribution in [0.2, 0.25) is 0 Å². The first-order chi connectivity index (χ1) is 7.19. The summed E-state index contributed by atoms with van der Waals surface area (Å²) in [5.41, 5.74) is 2.25. The highest BCUT2D eigenvalue weighted by Gasteiger charge is 2.13. The number of benzene rings is 1. The van der Waals surface area contributed by atoms with Crippen molar-refractivity contribution in [1.82, 2.24) is 0 Å². The van der Waals surface area contributed by atoms with Gasteiger partial charge in [-0.25, -0.2) is 0 Å². The van der Waals surface area contributed by atoms with E-state index in [1.54, 1.807) is 12.1 Å². The number of nitro groups is 1. The largest absolute Gasteiger partial charge is 0.384 e. The van der Waals surface area contributed by atoms with Crippen LogP contribution in [-0.2, 0) is 11.2 Å².